The van der Waals surface area contributed by atoms with Crippen LogP contribution in [0.1, 0.15) is 35.4 Å². The van der Waals surface area contributed by atoms with Gasteiger partial charge in [0.2, 0.25) is 6.23 Å². The van der Waals surface area contributed by atoms with Crippen molar-refractivity contribution in [2.75, 3.05) is 7.11 Å². The molecule has 2 heterocycles. The zero-order valence-electron chi connectivity index (χ0n) is 15.1. The number of ether oxygens (including phenoxy) is 2. The second-order valence-corrected chi connectivity index (χ2v) is 6.80. The quantitative estimate of drug-likeness (QED) is 0.667. The lowest BCUT2D eigenvalue weighted by molar-refractivity contribution is -0.0191. The largest absolute Gasteiger partial charge is 0.497 e. The molecule has 0 fully saturated rings. The molecule has 0 aromatic heterocycles. The van der Waals surface area contributed by atoms with Crippen molar-refractivity contribution < 1.29 is 9.47 Å². The smallest absolute Gasteiger partial charge is 0.213 e. The van der Waals surface area contributed by atoms with E-state index in [1.807, 2.05) is 36.4 Å². The molecule has 0 aliphatic carbocycles. The molecule has 0 N–H and O–H groups in total. The van der Waals surface area contributed by atoms with Gasteiger partial charge in [-0.15, -0.1) is 0 Å². The number of methoxy groups -OCH3 is 1. The zero-order chi connectivity index (χ0) is 18.2. The van der Waals surface area contributed by atoms with Crippen LogP contribution in [0, 0.1) is 0 Å². The molecule has 27 heavy (non-hydrogen) atoms. The summed E-state index contributed by atoms with van der Waals surface area (Å²) in [6.45, 7) is 0. The molecule has 2 aliphatic heterocycles. The van der Waals surface area contributed by atoms with Gasteiger partial charge in [-0.3, -0.25) is 0 Å². The third-order valence-corrected chi connectivity index (χ3v) is 5.19. The van der Waals surface area contributed by atoms with Crippen LogP contribution in [0.15, 0.2) is 84.0 Å². The van der Waals surface area contributed by atoms with Gasteiger partial charge in [-0.1, -0.05) is 60.7 Å². The average Bonchev–Trinajstić information content (AvgIpc) is 3.20. The average molecular weight is 356 g/mol. The number of fused-ring (bicyclic) bond motifs is 3. The van der Waals surface area contributed by atoms with Gasteiger partial charge in [0.25, 0.3) is 0 Å². The molecule has 0 radical (unpaired) electrons. The molecular weight excluding hydrogens is 336 g/mol. The van der Waals surface area contributed by atoms with Crippen molar-refractivity contribution in [2.24, 2.45) is 5.10 Å². The summed E-state index contributed by atoms with van der Waals surface area (Å²) < 4.78 is 11.8. The Bertz CT molecular complexity index is 986. The van der Waals surface area contributed by atoms with E-state index >= 15 is 0 Å². The van der Waals surface area contributed by atoms with Crippen LogP contribution in [0.25, 0.3) is 0 Å². The van der Waals surface area contributed by atoms with E-state index in [1.54, 1.807) is 7.11 Å². The third kappa shape index (κ3) is 2.74. The Kier molecular flexibility index (Phi) is 3.82. The highest BCUT2D eigenvalue weighted by molar-refractivity contribution is 6.01. The highest BCUT2D eigenvalue weighted by Gasteiger charge is 2.41. The maximum atomic E-state index is 6.38. The second kappa shape index (κ2) is 6.47. The van der Waals surface area contributed by atoms with Crippen molar-refractivity contribution >= 4 is 5.71 Å². The Balaban J connectivity index is 1.61. The summed E-state index contributed by atoms with van der Waals surface area (Å²) in [7, 11) is 1.69. The first-order valence-electron chi connectivity index (χ1n) is 9.14. The molecule has 3 aromatic carbocycles. The summed E-state index contributed by atoms with van der Waals surface area (Å²) >= 11 is 0. The Labute approximate surface area is 158 Å². The van der Waals surface area contributed by atoms with Crippen LogP contribution in [-0.2, 0) is 0 Å². The maximum Gasteiger partial charge on any atom is 0.213 e. The van der Waals surface area contributed by atoms with Gasteiger partial charge >= 0.3 is 0 Å². The molecular formula is C23H20N2O2. The first kappa shape index (κ1) is 15.9. The fourth-order valence-corrected chi connectivity index (χ4v) is 3.83. The topological polar surface area (TPSA) is 34.1 Å². The summed E-state index contributed by atoms with van der Waals surface area (Å²) in [4.78, 5) is 0. The summed E-state index contributed by atoms with van der Waals surface area (Å²) in [5, 5.41) is 7.07. The molecule has 0 unspecified atom stereocenters. The van der Waals surface area contributed by atoms with E-state index in [0.29, 0.717) is 0 Å². The maximum absolute atomic E-state index is 6.38. The van der Waals surface area contributed by atoms with E-state index in [-0.39, 0.29) is 12.3 Å². The summed E-state index contributed by atoms with van der Waals surface area (Å²) in [6.07, 6.45) is 0.606. The highest BCUT2D eigenvalue weighted by atomic mass is 16.5. The van der Waals surface area contributed by atoms with Gasteiger partial charge in [0.1, 0.15) is 11.5 Å². The van der Waals surface area contributed by atoms with E-state index in [0.717, 1.165) is 40.3 Å². The third-order valence-electron chi connectivity index (χ3n) is 5.19. The Morgan fingerprint density at radius 2 is 1.70 bits per heavy atom. The van der Waals surface area contributed by atoms with Crippen LogP contribution in [0.2, 0.25) is 0 Å². The lowest BCUT2D eigenvalue weighted by Gasteiger charge is -2.38. The molecule has 134 valence electrons. The SMILES string of the molecule is COc1ccc2c(c1)[C@H]1CC(c3ccccc3)=NN1[C@@H](c1ccccc1)O2. The van der Waals surface area contributed by atoms with Crippen molar-refractivity contribution in [1.82, 2.24) is 5.01 Å². The minimum absolute atomic E-state index is 0.129. The number of hydrogen-bond acceptors (Lipinski definition) is 4. The van der Waals surface area contributed by atoms with E-state index in [9.17, 15) is 0 Å². The zero-order valence-corrected chi connectivity index (χ0v) is 15.1. The van der Waals surface area contributed by atoms with Crippen molar-refractivity contribution in [1.29, 1.82) is 0 Å². The second-order valence-electron chi connectivity index (χ2n) is 6.80. The molecule has 3 aromatic rings. The van der Waals surface area contributed by atoms with Gasteiger partial charge in [0.15, 0.2) is 0 Å². The van der Waals surface area contributed by atoms with Gasteiger partial charge in [-0.2, -0.15) is 5.10 Å². The molecule has 0 amide bonds. The molecule has 0 spiro atoms. The molecule has 0 saturated carbocycles. The first-order valence-corrected chi connectivity index (χ1v) is 9.14. The van der Waals surface area contributed by atoms with Gasteiger partial charge in [0.05, 0.1) is 18.9 Å². The molecule has 2 aliphatic rings. The van der Waals surface area contributed by atoms with Crippen molar-refractivity contribution in [3.8, 4) is 11.5 Å². The molecule has 4 nitrogen and oxygen atoms in total. The van der Waals surface area contributed by atoms with Crippen LogP contribution in [-0.4, -0.2) is 17.8 Å². The predicted octanol–water partition coefficient (Wildman–Crippen LogP) is 4.94. The van der Waals surface area contributed by atoms with Crippen LogP contribution >= 0.6 is 0 Å². The van der Waals surface area contributed by atoms with E-state index < -0.39 is 0 Å². The molecule has 4 heteroatoms. The number of nitrogens with zero attached hydrogens (tertiary/aromatic N) is 2. The summed E-state index contributed by atoms with van der Waals surface area (Å²) in [5.41, 5.74) is 4.46. The van der Waals surface area contributed by atoms with Crippen LogP contribution < -0.4 is 9.47 Å². The first-order chi connectivity index (χ1) is 13.3. The fraction of sp³-hybridized carbons (Fsp3) is 0.174. The Morgan fingerprint density at radius 3 is 2.44 bits per heavy atom. The van der Waals surface area contributed by atoms with Crippen molar-refractivity contribution in [3.63, 3.8) is 0 Å². The lowest BCUT2D eigenvalue weighted by atomic mass is 9.95. The highest BCUT2D eigenvalue weighted by Crippen LogP contribution is 2.48. The molecule has 5 rings (SSSR count). The summed E-state index contributed by atoms with van der Waals surface area (Å²) in [5.74, 6) is 1.74. The molecule has 0 bridgehead atoms. The molecule has 2 atom stereocenters. The molecule has 0 saturated heterocycles. The van der Waals surface area contributed by atoms with Gasteiger partial charge in [0, 0.05) is 17.5 Å². The number of hydrazone groups is 1. The monoisotopic (exact) mass is 356 g/mol. The van der Waals surface area contributed by atoms with Crippen molar-refractivity contribution in [2.45, 2.75) is 18.7 Å². The van der Waals surface area contributed by atoms with Gasteiger partial charge < -0.3 is 9.47 Å². The Morgan fingerprint density at radius 1 is 0.963 bits per heavy atom. The van der Waals surface area contributed by atoms with Crippen molar-refractivity contribution in [3.05, 3.63) is 95.6 Å². The predicted molar refractivity (Wildman–Crippen MR) is 105 cm³/mol. The summed E-state index contributed by atoms with van der Waals surface area (Å²) in [6, 6.07) is 26.8. The minimum atomic E-state index is -0.238. The van der Waals surface area contributed by atoms with Gasteiger partial charge in [-0.25, -0.2) is 5.01 Å². The van der Waals surface area contributed by atoms with Gasteiger partial charge in [-0.05, 0) is 23.8 Å². The minimum Gasteiger partial charge on any atom is -0.497 e. The fourth-order valence-electron chi connectivity index (χ4n) is 3.83. The number of hydrogen-bond donors (Lipinski definition) is 0. The van der Waals surface area contributed by atoms with E-state index in [1.165, 1.54) is 0 Å². The van der Waals surface area contributed by atoms with E-state index in [4.69, 9.17) is 14.6 Å². The van der Waals surface area contributed by atoms with Crippen LogP contribution in [0.4, 0.5) is 0 Å². The normalized spacial score (nSPS) is 20.3. The number of rotatable bonds is 3. The van der Waals surface area contributed by atoms with E-state index in [2.05, 4.69) is 47.5 Å². The van der Waals surface area contributed by atoms with Crippen LogP contribution in [0.3, 0.4) is 0 Å². The lowest BCUT2D eigenvalue weighted by Crippen LogP contribution is -2.33. The Hall–Kier alpha value is -3.27. The standard InChI is InChI=1S/C23H20N2O2/c1-26-18-12-13-22-19(14-18)21-15-20(16-8-4-2-5-9-16)24-25(21)23(27-22)17-10-6-3-7-11-17/h2-14,21,23H,15H2,1H3/t21-,23-/m1/s1. The van der Waals surface area contributed by atoms with Crippen LogP contribution in [0.5, 0.6) is 11.5 Å². The number of benzene rings is 3.